The maximum atomic E-state index is 13.4. The topological polar surface area (TPSA) is 0 Å². The summed E-state index contributed by atoms with van der Waals surface area (Å²) < 4.78 is 15.2. The van der Waals surface area contributed by atoms with Crippen LogP contribution in [0.1, 0.15) is 5.56 Å². The minimum absolute atomic E-state index is 0.158. The van der Waals surface area contributed by atoms with Gasteiger partial charge in [0.15, 0.2) is 0 Å². The SMILES string of the molecule is Fc1cc(I)c(CCl)c2sccc12. The smallest absolute Gasteiger partial charge is 0.132 e. The molecule has 0 aliphatic carbocycles. The van der Waals surface area contributed by atoms with E-state index in [1.165, 1.54) is 17.4 Å². The Bertz CT molecular complexity index is 452. The van der Waals surface area contributed by atoms with Gasteiger partial charge in [-0.3, -0.25) is 0 Å². The molecule has 0 unspecified atom stereocenters. The van der Waals surface area contributed by atoms with Gasteiger partial charge in [-0.15, -0.1) is 22.9 Å². The molecule has 0 saturated heterocycles. The van der Waals surface area contributed by atoms with Crippen LogP contribution in [-0.2, 0) is 5.88 Å². The van der Waals surface area contributed by atoms with Gasteiger partial charge in [-0.1, -0.05) is 0 Å². The lowest BCUT2D eigenvalue weighted by Crippen LogP contribution is -1.87. The maximum Gasteiger partial charge on any atom is 0.132 e. The van der Waals surface area contributed by atoms with Crippen LogP contribution >= 0.6 is 45.5 Å². The molecule has 68 valence electrons. The van der Waals surface area contributed by atoms with E-state index in [0.717, 1.165) is 13.8 Å². The van der Waals surface area contributed by atoms with Gasteiger partial charge in [0.25, 0.3) is 0 Å². The molecule has 13 heavy (non-hydrogen) atoms. The molecule has 0 atom stereocenters. The minimum atomic E-state index is -0.158. The van der Waals surface area contributed by atoms with E-state index >= 15 is 0 Å². The summed E-state index contributed by atoms with van der Waals surface area (Å²) in [6.45, 7) is 0. The standard InChI is InChI=1S/C9H5ClFIS/c10-4-6-8(12)3-7(11)5-1-2-13-9(5)6/h1-3H,4H2. The van der Waals surface area contributed by atoms with E-state index < -0.39 is 0 Å². The fraction of sp³-hybridized carbons (Fsp3) is 0.111. The number of benzene rings is 1. The number of halogens is 3. The molecule has 1 aromatic carbocycles. The molecule has 0 amide bonds. The van der Waals surface area contributed by atoms with E-state index in [2.05, 4.69) is 22.6 Å². The Labute approximate surface area is 97.8 Å². The molecule has 0 bridgehead atoms. The number of fused-ring (bicyclic) bond motifs is 1. The van der Waals surface area contributed by atoms with Gasteiger partial charge in [0.1, 0.15) is 5.82 Å². The summed E-state index contributed by atoms with van der Waals surface area (Å²) in [5, 5.41) is 2.57. The van der Waals surface area contributed by atoms with Gasteiger partial charge in [-0.2, -0.15) is 0 Å². The lowest BCUT2D eigenvalue weighted by Gasteiger charge is -2.02. The Kier molecular flexibility index (Phi) is 2.76. The zero-order chi connectivity index (χ0) is 9.42. The first-order valence-corrected chi connectivity index (χ1v) is 6.13. The second kappa shape index (κ2) is 3.71. The molecule has 0 radical (unpaired) electrons. The van der Waals surface area contributed by atoms with Crippen molar-refractivity contribution in [1.29, 1.82) is 0 Å². The summed E-state index contributed by atoms with van der Waals surface area (Å²) >= 11 is 9.45. The molecule has 0 saturated carbocycles. The van der Waals surface area contributed by atoms with Crippen molar-refractivity contribution in [3.05, 3.63) is 32.5 Å². The van der Waals surface area contributed by atoms with Crippen LogP contribution < -0.4 is 0 Å². The Morgan fingerprint density at radius 3 is 3.00 bits per heavy atom. The quantitative estimate of drug-likeness (QED) is 0.539. The van der Waals surface area contributed by atoms with Crippen LogP contribution in [0.15, 0.2) is 17.5 Å². The van der Waals surface area contributed by atoms with Crippen LogP contribution in [0.25, 0.3) is 10.1 Å². The predicted molar refractivity (Wildman–Crippen MR) is 64.1 cm³/mol. The van der Waals surface area contributed by atoms with Crippen LogP contribution in [0, 0.1) is 9.39 Å². The van der Waals surface area contributed by atoms with E-state index in [4.69, 9.17) is 11.6 Å². The Morgan fingerprint density at radius 2 is 2.31 bits per heavy atom. The Balaban J connectivity index is 2.88. The average Bonchev–Trinajstić information content (AvgIpc) is 2.53. The molecule has 0 fully saturated rings. The highest BCUT2D eigenvalue weighted by Crippen LogP contribution is 2.31. The molecule has 0 spiro atoms. The zero-order valence-electron chi connectivity index (χ0n) is 6.48. The molecular formula is C9H5ClFIS. The number of hydrogen-bond donors (Lipinski definition) is 0. The molecule has 4 heteroatoms. The zero-order valence-corrected chi connectivity index (χ0v) is 10.2. The lowest BCUT2D eigenvalue weighted by atomic mass is 10.2. The fourth-order valence-electron chi connectivity index (χ4n) is 1.24. The van der Waals surface area contributed by atoms with Crippen molar-refractivity contribution in [2.75, 3.05) is 0 Å². The first-order chi connectivity index (χ1) is 6.24. The number of alkyl halides is 1. The van der Waals surface area contributed by atoms with Gasteiger partial charge in [0.2, 0.25) is 0 Å². The lowest BCUT2D eigenvalue weighted by molar-refractivity contribution is 0.639. The van der Waals surface area contributed by atoms with Gasteiger partial charge in [0, 0.05) is 19.5 Å². The Hall–Kier alpha value is 0.130. The molecule has 2 rings (SSSR count). The third-order valence-corrected chi connectivity index (χ3v) is 4.08. The Morgan fingerprint density at radius 1 is 1.54 bits per heavy atom. The van der Waals surface area contributed by atoms with Crippen molar-refractivity contribution < 1.29 is 4.39 Å². The normalized spacial score (nSPS) is 11.0. The molecular weight excluding hydrogens is 322 g/mol. The van der Waals surface area contributed by atoms with Crippen molar-refractivity contribution in [3.63, 3.8) is 0 Å². The summed E-state index contributed by atoms with van der Waals surface area (Å²) in [6, 6.07) is 3.33. The molecule has 1 aromatic heterocycles. The minimum Gasteiger partial charge on any atom is -0.206 e. The third kappa shape index (κ3) is 1.57. The molecule has 0 nitrogen and oxygen atoms in total. The van der Waals surface area contributed by atoms with E-state index in [9.17, 15) is 4.39 Å². The first-order valence-electron chi connectivity index (χ1n) is 3.64. The number of rotatable bonds is 1. The molecule has 0 aliphatic rings. The van der Waals surface area contributed by atoms with E-state index in [-0.39, 0.29) is 5.82 Å². The summed E-state index contributed by atoms with van der Waals surface area (Å²) in [4.78, 5) is 0. The maximum absolute atomic E-state index is 13.4. The van der Waals surface area contributed by atoms with Gasteiger partial charge in [-0.25, -0.2) is 4.39 Å². The summed E-state index contributed by atoms with van der Waals surface area (Å²) in [7, 11) is 0. The summed E-state index contributed by atoms with van der Waals surface area (Å²) in [6.07, 6.45) is 0. The van der Waals surface area contributed by atoms with Crippen LogP contribution in [0.2, 0.25) is 0 Å². The predicted octanol–water partition coefficient (Wildman–Crippen LogP) is 4.38. The highest BCUT2D eigenvalue weighted by Gasteiger charge is 2.10. The number of thiophene rings is 1. The summed E-state index contributed by atoms with van der Waals surface area (Å²) in [5.41, 5.74) is 1.04. The van der Waals surface area contributed by atoms with E-state index in [1.54, 1.807) is 6.07 Å². The van der Waals surface area contributed by atoms with Crippen LogP contribution in [-0.4, -0.2) is 0 Å². The van der Waals surface area contributed by atoms with E-state index in [0.29, 0.717) is 11.3 Å². The van der Waals surface area contributed by atoms with Gasteiger partial charge in [0.05, 0.1) is 0 Å². The highest BCUT2D eigenvalue weighted by atomic mass is 127. The van der Waals surface area contributed by atoms with Crippen molar-refractivity contribution in [1.82, 2.24) is 0 Å². The second-order valence-corrected chi connectivity index (χ2v) is 4.96. The highest BCUT2D eigenvalue weighted by molar-refractivity contribution is 14.1. The number of hydrogen-bond acceptors (Lipinski definition) is 1. The summed E-state index contributed by atoms with van der Waals surface area (Å²) in [5.74, 6) is 0.282. The fourth-order valence-corrected chi connectivity index (χ4v) is 3.70. The van der Waals surface area contributed by atoms with Crippen LogP contribution in [0.5, 0.6) is 0 Å². The molecule has 2 aromatic rings. The molecule has 0 N–H and O–H groups in total. The van der Waals surface area contributed by atoms with Crippen molar-refractivity contribution in [2.45, 2.75) is 5.88 Å². The van der Waals surface area contributed by atoms with Gasteiger partial charge >= 0.3 is 0 Å². The largest absolute Gasteiger partial charge is 0.206 e. The van der Waals surface area contributed by atoms with Crippen LogP contribution in [0.4, 0.5) is 4.39 Å². The third-order valence-electron chi connectivity index (χ3n) is 1.87. The van der Waals surface area contributed by atoms with Crippen molar-refractivity contribution in [2.24, 2.45) is 0 Å². The average molecular weight is 327 g/mol. The van der Waals surface area contributed by atoms with Crippen LogP contribution in [0.3, 0.4) is 0 Å². The first kappa shape index (κ1) is 9.68. The van der Waals surface area contributed by atoms with Crippen molar-refractivity contribution in [3.8, 4) is 0 Å². The monoisotopic (exact) mass is 326 g/mol. The molecule has 1 heterocycles. The van der Waals surface area contributed by atoms with Gasteiger partial charge < -0.3 is 0 Å². The van der Waals surface area contributed by atoms with Crippen molar-refractivity contribution >= 4 is 55.6 Å². The second-order valence-electron chi connectivity index (χ2n) is 2.62. The van der Waals surface area contributed by atoms with E-state index in [1.807, 2.05) is 5.38 Å². The molecule has 0 aliphatic heterocycles. The van der Waals surface area contributed by atoms with Gasteiger partial charge in [-0.05, 0) is 45.7 Å².